The minimum Gasteiger partial charge on any atom is -0.464 e. The van der Waals surface area contributed by atoms with Gasteiger partial charge in [0, 0.05) is 5.02 Å². The summed E-state index contributed by atoms with van der Waals surface area (Å²) in [4.78, 5) is 27.4. The van der Waals surface area contributed by atoms with E-state index in [2.05, 4.69) is 15.0 Å². The molecule has 5 nitrogen and oxygen atoms in total. The maximum Gasteiger partial charge on any atom is 0.356 e. The minimum absolute atomic E-state index is 0.0438. The lowest BCUT2D eigenvalue weighted by Crippen LogP contribution is -2.16. The largest absolute Gasteiger partial charge is 0.464 e. The van der Waals surface area contributed by atoms with E-state index in [1.165, 1.54) is 31.4 Å². The Morgan fingerprint density at radius 2 is 1.86 bits per heavy atom. The van der Waals surface area contributed by atoms with E-state index in [-0.39, 0.29) is 11.4 Å². The summed E-state index contributed by atoms with van der Waals surface area (Å²) >= 11 is 11.8. The van der Waals surface area contributed by atoms with Crippen LogP contribution in [0.2, 0.25) is 10.0 Å². The first-order chi connectivity index (χ1) is 10.0. The molecule has 0 spiro atoms. The molecule has 7 heteroatoms. The molecule has 0 bridgehead atoms. The lowest BCUT2D eigenvalue weighted by Gasteiger charge is -2.08. The van der Waals surface area contributed by atoms with E-state index < -0.39 is 11.9 Å². The van der Waals surface area contributed by atoms with Gasteiger partial charge in [-0.05, 0) is 30.3 Å². The second-order valence-electron chi connectivity index (χ2n) is 3.98. The quantitative estimate of drug-likeness (QED) is 0.878. The number of methoxy groups -OCH3 is 1. The van der Waals surface area contributed by atoms with Crippen molar-refractivity contribution < 1.29 is 14.3 Å². The van der Waals surface area contributed by atoms with Gasteiger partial charge < -0.3 is 10.1 Å². The minimum atomic E-state index is -0.620. The fraction of sp³-hybridized carbons (Fsp3) is 0.0714. The number of hydrogen-bond acceptors (Lipinski definition) is 4. The molecule has 1 amide bonds. The number of rotatable bonds is 3. The monoisotopic (exact) mass is 324 g/mol. The first kappa shape index (κ1) is 15.3. The molecule has 1 N–H and O–H groups in total. The van der Waals surface area contributed by atoms with Crippen LogP contribution in [0.3, 0.4) is 0 Å². The third-order valence-electron chi connectivity index (χ3n) is 2.55. The molecule has 0 saturated heterocycles. The van der Waals surface area contributed by atoms with Gasteiger partial charge in [0.2, 0.25) is 0 Å². The van der Waals surface area contributed by atoms with Crippen LogP contribution in [0.5, 0.6) is 0 Å². The molecule has 2 rings (SSSR count). The Morgan fingerprint density at radius 3 is 2.57 bits per heavy atom. The van der Waals surface area contributed by atoms with Gasteiger partial charge in [0.1, 0.15) is 11.4 Å². The third-order valence-corrected chi connectivity index (χ3v) is 3.12. The normalized spacial score (nSPS) is 10.0. The standard InChI is InChI=1S/C14H10Cl2N2O3/c1-21-14(20)11-4-2-3-10(17-11)13(19)18-12-7-8(15)5-6-9(12)16/h2-7H,1H3,(H,18,19). The second kappa shape index (κ2) is 6.56. The van der Waals surface area contributed by atoms with Crippen LogP contribution in [0.1, 0.15) is 21.0 Å². The number of benzene rings is 1. The smallest absolute Gasteiger partial charge is 0.356 e. The Bertz CT molecular complexity index is 704. The molecule has 2 aromatic rings. The summed E-state index contributed by atoms with van der Waals surface area (Å²) in [5.74, 6) is -1.13. The number of amides is 1. The molecule has 0 radical (unpaired) electrons. The molecule has 108 valence electrons. The summed E-state index contributed by atoms with van der Waals surface area (Å²) in [5, 5.41) is 3.36. The van der Waals surface area contributed by atoms with E-state index in [0.29, 0.717) is 15.7 Å². The van der Waals surface area contributed by atoms with Crippen molar-refractivity contribution in [1.29, 1.82) is 0 Å². The van der Waals surface area contributed by atoms with Crippen molar-refractivity contribution in [2.45, 2.75) is 0 Å². The van der Waals surface area contributed by atoms with Gasteiger partial charge in [-0.2, -0.15) is 0 Å². The van der Waals surface area contributed by atoms with Gasteiger partial charge in [-0.3, -0.25) is 4.79 Å². The maximum atomic E-state index is 12.1. The number of carbonyl (C=O) groups is 2. The fourth-order valence-corrected chi connectivity index (χ4v) is 1.90. The Labute approximate surface area is 130 Å². The van der Waals surface area contributed by atoms with E-state index in [0.717, 1.165) is 0 Å². The molecule has 0 aliphatic carbocycles. The number of halogens is 2. The van der Waals surface area contributed by atoms with Crippen LogP contribution in [0.4, 0.5) is 5.69 Å². The number of nitrogens with zero attached hydrogens (tertiary/aromatic N) is 1. The fourth-order valence-electron chi connectivity index (χ4n) is 1.56. The van der Waals surface area contributed by atoms with Crippen LogP contribution in [-0.2, 0) is 4.74 Å². The second-order valence-corrected chi connectivity index (χ2v) is 4.82. The number of ether oxygens (including phenoxy) is 1. The van der Waals surface area contributed by atoms with Crippen molar-refractivity contribution in [1.82, 2.24) is 4.98 Å². The highest BCUT2D eigenvalue weighted by Crippen LogP contribution is 2.25. The Hall–Kier alpha value is -2.11. The van der Waals surface area contributed by atoms with E-state index >= 15 is 0 Å². The number of nitrogens with one attached hydrogen (secondary N) is 1. The van der Waals surface area contributed by atoms with Crippen LogP contribution >= 0.6 is 23.2 Å². The summed E-state index contributed by atoms with van der Waals surface area (Å²) < 4.78 is 4.55. The number of pyridine rings is 1. The summed E-state index contributed by atoms with van der Waals surface area (Å²) in [6, 6.07) is 9.16. The van der Waals surface area contributed by atoms with Crippen LogP contribution in [0.25, 0.3) is 0 Å². The summed E-state index contributed by atoms with van der Waals surface area (Å²) in [6.07, 6.45) is 0. The molecule has 21 heavy (non-hydrogen) atoms. The lowest BCUT2D eigenvalue weighted by molar-refractivity contribution is 0.0594. The highest BCUT2D eigenvalue weighted by molar-refractivity contribution is 6.35. The van der Waals surface area contributed by atoms with Gasteiger partial charge in [-0.15, -0.1) is 0 Å². The van der Waals surface area contributed by atoms with E-state index in [9.17, 15) is 9.59 Å². The van der Waals surface area contributed by atoms with Gasteiger partial charge in [-0.25, -0.2) is 9.78 Å². The molecule has 0 atom stereocenters. The van der Waals surface area contributed by atoms with E-state index in [1.54, 1.807) is 12.1 Å². The molecule has 0 aliphatic heterocycles. The van der Waals surface area contributed by atoms with Gasteiger partial charge in [-0.1, -0.05) is 29.3 Å². The first-order valence-electron chi connectivity index (χ1n) is 5.83. The van der Waals surface area contributed by atoms with E-state index in [4.69, 9.17) is 23.2 Å². The molecule has 0 aliphatic rings. The summed E-state index contributed by atoms with van der Waals surface area (Å²) in [5.41, 5.74) is 0.468. The van der Waals surface area contributed by atoms with Crippen molar-refractivity contribution in [2.24, 2.45) is 0 Å². The van der Waals surface area contributed by atoms with Crippen molar-refractivity contribution in [3.63, 3.8) is 0 Å². The average molecular weight is 325 g/mol. The summed E-state index contributed by atoms with van der Waals surface area (Å²) in [6.45, 7) is 0. The number of anilines is 1. The molecule has 0 unspecified atom stereocenters. The Kier molecular flexibility index (Phi) is 4.77. The highest BCUT2D eigenvalue weighted by Gasteiger charge is 2.14. The van der Waals surface area contributed by atoms with Gasteiger partial charge in [0.05, 0.1) is 17.8 Å². The van der Waals surface area contributed by atoms with Crippen molar-refractivity contribution >= 4 is 40.8 Å². The molecular weight excluding hydrogens is 315 g/mol. The van der Waals surface area contributed by atoms with Crippen molar-refractivity contribution in [3.8, 4) is 0 Å². The Balaban J connectivity index is 2.24. The molecule has 1 aromatic heterocycles. The molecule has 1 aromatic carbocycles. The van der Waals surface area contributed by atoms with Crippen molar-refractivity contribution in [3.05, 3.63) is 57.8 Å². The van der Waals surface area contributed by atoms with Gasteiger partial charge in [0.15, 0.2) is 0 Å². The number of hydrogen-bond donors (Lipinski definition) is 1. The summed E-state index contributed by atoms with van der Waals surface area (Å²) in [7, 11) is 1.24. The predicted molar refractivity (Wildman–Crippen MR) is 80.0 cm³/mol. The highest BCUT2D eigenvalue weighted by atomic mass is 35.5. The topological polar surface area (TPSA) is 68.3 Å². The van der Waals surface area contributed by atoms with Crippen LogP contribution < -0.4 is 5.32 Å². The predicted octanol–water partition coefficient (Wildman–Crippen LogP) is 3.43. The van der Waals surface area contributed by atoms with E-state index in [1.807, 2.05) is 0 Å². The zero-order valence-corrected chi connectivity index (χ0v) is 12.4. The van der Waals surface area contributed by atoms with Gasteiger partial charge in [0.25, 0.3) is 5.91 Å². The van der Waals surface area contributed by atoms with Gasteiger partial charge >= 0.3 is 5.97 Å². The zero-order valence-electron chi connectivity index (χ0n) is 10.9. The molecular formula is C14H10Cl2N2O3. The first-order valence-corrected chi connectivity index (χ1v) is 6.58. The number of carbonyl (C=O) groups excluding carboxylic acids is 2. The molecule has 1 heterocycles. The lowest BCUT2D eigenvalue weighted by atomic mass is 10.2. The van der Waals surface area contributed by atoms with Crippen molar-refractivity contribution in [2.75, 3.05) is 12.4 Å². The van der Waals surface area contributed by atoms with Crippen LogP contribution in [-0.4, -0.2) is 24.0 Å². The third kappa shape index (κ3) is 3.71. The Morgan fingerprint density at radius 1 is 1.14 bits per heavy atom. The SMILES string of the molecule is COC(=O)c1cccc(C(=O)Nc2cc(Cl)ccc2Cl)n1. The molecule has 0 fully saturated rings. The maximum absolute atomic E-state index is 12.1. The zero-order chi connectivity index (χ0) is 15.4. The number of aromatic nitrogens is 1. The number of esters is 1. The molecule has 0 saturated carbocycles. The van der Waals surface area contributed by atoms with Crippen LogP contribution in [0.15, 0.2) is 36.4 Å². The average Bonchev–Trinajstić information content (AvgIpc) is 2.50. The van der Waals surface area contributed by atoms with Crippen LogP contribution in [0, 0.1) is 0 Å².